The molecular weight excluding hydrogens is 300 g/mol. The molecule has 1 aromatic carbocycles. The number of ether oxygens (including phenoxy) is 2. The van der Waals surface area contributed by atoms with Crippen molar-refractivity contribution >= 4 is 16.3 Å². The molecule has 0 saturated heterocycles. The van der Waals surface area contributed by atoms with Crippen molar-refractivity contribution in [2.24, 2.45) is 0 Å². The molecule has 0 unspecified atom stereocenters. The van der Waals surface area contributed by atoms with Gasteiger partial charge in [0.05, 0.1) is 12.3 Å². The zero-order valence-electron chi connectivity index (χ0n) is 12.2. The lowest BCUT2D eigenvalue weighted by atomic mass is 10.3. The normalized spacial score (nSPS) is 10.6. The Morgan fingerprint density at radius 2 is 1.91 bits per heavy atom. The molecule has 0 aliphatic heterocycles. The fourth-order valence-electron chi connectivity index (χ4n) is 2.02. The zero-order valence-corrected chi connectivity index (χ0v) is 13.1. The molecule has 0 aliphatic carbocycles. The van der Waals surface area contributed by atoms with Crippen molar-refractivity contribution in [1.82, 2.24) is 14.6 Å². The first kappa shape index (κ1) is 14.4. The molecule has 0 N–H and O–H groups in total. The lowest BCUT2D eigenvalue weighted by Gasteiger charge is -2.06. The predicted octanol–water partition coefficient (Wildman–Crippen LogP) is 2.95. The van der Waals surface area contributed by atoms with Gasteiger partial charge in [-0.1, -0.05) is 11.3 Å². The minimum Gasteiger partial charge on any atom is -0.494 e. The monoisotopic (exact) mass is 314 g/mol. The first-order chi connectivity index (χ1) is 10.7. The van der Waals surface area contributed by atoms with Crippen molar-refractivity contribution in [1.29, 1.82) is 5.26 Å². The number of hydrogen-bond donors (Lipinski definition) is 0. The molecule has 112 valence electrons. The van der Waals surface area contributed by atoms with Gasteiger partial charge in [-0.25, -0.2) is 4.98 Å². The van der Waals surface area contributed by atoms with E-state index in [0.717, 1.165) is 16.5 Å². The Hall–Kier alpha value is -2.59. The number of hydrogen-bond acceptors (Lipinski definition) is 6. The summed E-state index contributed by atoms with van der Waals surface area (Å²) < 4.78 is 12.6. The van der Waals surface area contributed by atoms with Crippen molar-refractivity contribution in [2.45, 2.75) is 20.5 Å². The van der Waals surface area contributed by atoms with E-state index in [1.807, 2.05) is 31.2 Å². The van der Waals surface area contributed by atoms with Gasteiger partial charge >= 0.3 is 0 Å². The molecule has 0 spiro atoms. The highest BCUT2D eigenvalue weighted by Crippen LogP contribution is 2.21. The highest BCUT2D eigenvalue weighted by molar-refractivity contribution is 7.16. The Labute approximate surface area is 131 Å². The summed E-state index contributed by atoms with van der Waals surface area (Å²) in [5.41, 5.74) is 1.17. The van der Waals surface area contributed by atoms with Gasteiger partial charge in [0, 0.05) is 0 Å². The maximum absolute atomic E-state index is 9.10. The molecule has 0 amide bonds. The second-order valence-electron chi connectivity index (χ2n) is 4.54. The van der Waals surface area contributed by atoms with Crippen LogP contribution in [0.15, 0.2) is 24.3 Å². The average Bonchev–Trinajstić information content (AvgIpc) is 3.02. The molecule has 7 heteroatoms. The third kappa shape index (κ3) is 2.73. The van der Waals surface area contributed by atoms with Crippen LogP contribution < -0.4 is 9.47 Å². The largest absolute Gasteiger partial charge is 0.494 e. The minimum absolute atomic E-state index is 0.339. The molecule has 22 heavy (non-hydrogen) atoms. The van der Waals surface area contributed by atoms with Crippen LogP contribution in [0.5, 0.6) is 11.5 Å². The van der Waals surface area contributed by atoms with Crippen molar-refractivity contribution in [3.63, 3.8) is 0 Å². The van der Waals surface area contributed by atoms with Crippen molar-refractivity contribution in [3.05, 3.63) is 40.7 Å². The first-order valence-corrected chi connectivity index (χ1v) is 7.63. The number of fused-ring (bicyclic) bond motifs is 1. The average molecular weight is 314 g/mol. The molecule has 0 aliphatic rings. The predicted molar refractivity (Wildman–Crippen MR) is 82.3 cm³/mol. The molecule has 2 aromatic heterocycles. The molecule has 0 atom stereocenters. The lowest BCUT2D eigenvalue weighted by molar-refractivity contribution is 0.302. The number of imidazole rings is 1. The summed E-state index contributed by atoms with van der Waals surface area (Å²) in [6.07, 6.45) is 0. The molecule has 3 rings (SSSR count). The summed E-state index contributed by atoms with van der Waals surface area (Å²) in [5, 5.41) is 14.2. The maximum atomic E-state index is 9.10. The second-order valence-corrected chi connectivity index (χ2v) is 5.58. The summed E-state index contributed by atoms with van der Waals surface area (Å²) in [7, 11) is 0. The summed E-state index contributed by atoms with van der Waals surface area (Å²) in [6, 6.07) is 9.56. The Bertz CT molecular complexity index is 830. The van der Waals surface area contributed by atoms with Gasteiger partial charge in [0.15, 0.2) is 10.7 Å². The molecule has 3 aromatic rings. The van der Waals surface area contributed by atoms with Crippen molar-refractivity contribution < 1.29 is 9.47 Å². The summed E-state index contributed by atoms with van der Waals surface area (Å²) in [4.78, 5) is 5.02. The SMILES string of the molecule is CCOc1ccc(OCc2nn3c(C#N)c(C)nc3s2)cc1. The van der Waals surface area contributed by atoms with E-state index in [1.54, 1.807) is 11.4 Å². The fraction of sp³-hybridized carbons (Fsp3) is 0.267. The van der Waals surface area contributed by atoms with E-state index in [1.165, 1.54) is 11.3 Å². The van der Waals surface area contributed by atoms with Gasteiger partial charge in [0.1, 0.15) is 24.2 Å². The standard InChI is InChI=1S/C15H14N4O2S/c1-3-20-11-4-6-12(7-5-11)21-9-14-18-19-13(8-16)10(2)17-15(19)22-14/h4-7H,3,9H2,1-2H3. The van der Waals surface area contributed by atoms with E-state index in [0.29, 0.717) is 29.6 Å². The van der Waals surface area contributed by atoms with Crippen LogP contribution in [0, 0.1) is 18.3 Å². The van der Waals surface area contributed by atoms with Crippen LogP contribution in [-0.4, -0.2) is 21.2 Å². The van der Waals surface area contributed by atoms with Gasteiger partial charge in [0.2, 0.25) is 4.96 Å². The summed E-state index contributed by atoms with van der Waals surface area (Å²) >= 11 is 1.42. The van der Waals surface area contributed by atoms with Crippen LogP contribution in [0.4, 0.5) is 0 Å². The molecular formula is C15H14N4O2S. The van der Waals surface area contributed by atoms with Crippen LogP contribution in [0.3, 0.4) is 0 Å². The molecule has 0 saturated carbocycles. The Balaban J connectivity index is 1.71. The van der Waals surface area contributed by atoms with Gasteiger partial charge in [-0.2, -0.15) is 14.9 Å². The van der Waals surface area contributed by atoms with Crippen LogP contribution in [0.2, 0.25) is 0 Å². The van der Waals surface area contributed by atoms with Gasteiger partial charge in [0.25, 0.3) is 0 Å². The third-order valence-electron chi connectivity index (χ3n) is 3.02. The molecule has 6 nitrogen and oxygen atoms in total. The van der Waals surface area contributed by atoms with E-state index in [9.17, 15) is 0 Å². The van der Waals surface area contributed by atoms with Crippen molar-refractivity contribution in [2.75, 3.05) is 6.61 Å². The van der Waals surface area contributed by atoms with Crippen LogP contribution >= 0.6 is 11.3 Å². The van der Waals surface area contributed by atoms with Crippen LogP contribution in [0.25, 0.3) is 4.96 Å². The third-order valence-corrected chi connectivity index (χ3v) is 3.90. The number of nitrogens with zero attached hydrogens (tertiary/aromatic N) is 4. The Morgan fingerprint density at radius 3 is 2.55 bits per heavy atom. The lowest BCUT2D eigenvalue weighted by Crippen LogP contribution is -1.98. The summed E-state index contributed by atoms with van der Waals surface area (Å²) in [5.74, 6) is 1.56. The van der Waals surface area contributed by atoms with Crippen LogP contribution in [-0.2, 0) is 6.61 Å². The Kier molecular flexibility index (Phi) is 3.94. The van der Waals surface area contributed by atoms with E-state index in [-0.39, 0.29) is 0 Å². The maximum Gasteiger partial charge on any atom is 0.213 e. The molecule has 0 bridgehead atoms. The number of aromatic nitrogens is 3. The first-order valence-electron chi connectivity index (χ1n) is 6.82. The number of benzene rings is 1. The van der Waals surface area contributed by atoms with Crippen LogP contribution in [0.1, 0.15) is 23.3 Å². The molecule has 0 fully saturated rings. The fourth-order valence-corrected chi connectivity index (χ4v) is 2.87. The highest BCUT2D eigenvalue weighted by Gasteiger charge is 2.13. The number of nitriles is 1. The van der Waals surface area contributed by atoms with Crippen molar-refractivity contribution in [3.8, 4) is 17.6 Å². The Morgan fingerprint density at radius 1 is 1.23 bits per heavy atom. The number of rotatable bonds is 5. The summed E-state index contributed by atoms with van der Waals surface area (Å²) in [6.45, 7) is 4.72. The van der Waals surface area contributed by atoms with E-state index < -0.39 is 0 Å². The van der Waals surface area contributed by atoms with Gasteiger partial charge in [-0.05, 0) is 38.1 Å². The van der Waals surface area contributed by atoms with Gasteiger partial charge in [-0.15, -0.1) is 0 Å². The van der Waals surface area contributed by atoms with E-state index >= 15 is 0 Å². The second kappa shape index (κ2) is 6.03. The molecule has 2 heterocycles. The zero-order chi connectivity index (χ0) is 15.5. The topological polar surface area (TPSA) is 72.4 Å². The van der Waals surface area contributed by atoms with Gasteiger partial charge < -0.3 is 9.47 Å². The molecule has 0 radical (unpaired) electrons. The highest BCUT2D eigenvalue weighted by atomic mass is 32.1. The minimum atomic E-state index is 0.339. The smallest absolute Gasteiger partial charge is 0.213 e. The van der Waals surface area contributed by atoms with E-state index in [2.05, 4.69) is 16.2 Å². The van der Waals surface area contributed by atoms with Gasteiger partial charge in [-0.3, -0.25) is 0 Å². The quantitative estimate of drug-likeness (QED) is 0.724. The van der Waals surface area contributed by atoms with E-state index in [4.69, 9.17) is 14.7 Å². The number of aryl methyl sites for hydroxylation is 1.